The van der Waals surface area contributed by atoms with Gasteiger partial charge >= 0.3 is 5.63 Å². The molecule has 0 fully saturated rings. The Kier molecular flexibility index (Phi) is 4.74. The minimum Gasteiger partial charge on any atom is -0.489 e. The second kappa shape index (κ2) is 7.35. The van der Waals surface area contributed by atoms with Gasteiger partial charge in [-0.2, -0.15) is 0 Å². The molecule has 0 N–H and O–H groups in total. The summed E-state index contributed by atoms with van der Waals surface area (Å²) >= 11 is 0. The van der Waals surface area contributed by atoms with Crippen molar-refractivity contribution in [2.75, 3.05) is 0 Å². The normalized spacial score (nSPS) is 11.0. The second-order valence-corrected chi connectivity index (χ2v) is 7.13. The number of fused-ring (bicyclic) bond motifs is 1. The van der Waals surface area contributed by atoms with Gasteiger partial charge in [-0.3, -0.25) is 0 Å². The molecule has 1 aromatic heterocycles. The SMILES string of the molecule is Cc1ccc(C)c(COc2ccc3c(C)c(-c4ccccc4)c(=O)oc3c2)c1. The zero-order valence-corrected chi connectivity index (χ0v) is 16.3. The fraction of sp³-hybridized carbons (Fsp3) is 0.160. The zero-order valence-electron chi connectivity index (χ0n) is 16.3. The van der Waals surface area contributed by atoms with Gasteiger partial charge in [0.1, 0.15) is 17.9 Å². The van der Waals surface area contributed by atoms with Gasteiger partial charge in [-0.25, -0.2) is 4.79 Å². The summed E-state index contributed by atoms with van der Waals surface area (Å²) in [5, 5.41) is 0.914. The van der Waals surface area contributed by atoms with E-state index in [0.29, 0.717) is 23.5 Å². The number of ether oxygens (including phenoxy) is 1. The molecule has 0 spiro atoms. The van der Waals surface area contributed by atoms with Gasteiger partial charge in [-0.05, 0) is 55.2 Å². The fourth-order valence-corrected chi connectivity index (χ4v) is 3.48. The topological polar surface area (TPSA) is 39.4 Å². The van der Waals surface area contributed by atoms with Crippen LogP contribution in [0, 0.1) is 20.8 Å². The average molecular weight is 370 g/mol. The fourth-order valence-electron chi connectivity index (χ4n) is 3.48. The van der Waals surface area contributed by atoms with Crippen molar-refractivity contribution >= 4 is 11.0 Å². The largest absolute Gasteiger partial charge is 0.489 e. The van der Waals surface area contributed by atoms with Crippen LogP contribution in [0.25, 0.3) is 22.1 Å². The molecule has 0 aliphatic heterocycles. The number of hydrogen-bond donors (Lipinski definition) is 0. The minimum absolute atomic E-state index is 0.331. The summed E-state index contributed by atoms with van der Waals surface area (Å²) in [6.07, 6.45) is 0. The molecule has 0 unspecified atom stereocenters. The monoisotopic (exact) mass is 370 g/mol. The Morgan fingerprint density at radius 1 is 0.893 bits per heavy atom. The van der Waals surface area contributed by atoms with E-state index >= 15 is 0 Å². The van der Waals surface area contributed by atoms with E-state index in [2.05, 4.69) is 32.0 Å². The van der Waals surface area contributed by atoms with Crippen molar-refractivity contribution in [2.45, 2.75) is 27.4 Å². The van der Waals surface area contributed by atoms with Crippen LogP contribution in [-0.2, 0) is 6.61 Å². The first-order valence-electron chi connectivity index (χ1n) is 9.35. The molecule has 0 radical (unpaired) electrons. The number of benzene rings is 3. The lowest BCUT2D eigenvalue weighted by Crippen LogP contribution is -2.06. The molecule has 4 rings (SSSR count). The highest BCUT2D eigenvalue weighted by atomic mass is 16.5. The van der Waals surface area contributed by atoms with Crippen LogP contribution < -0.4 is 10.4 Å². The number of aryl methyl sites for hydroxylation is 3. The quantitative estimate of drug-likeness (QED) is 0.416. The number of hydrogen-bond acceptors (Lipinski definition) is 3. The van der Waals surface area contributed by atoms with E-state index in [4.69, 9.17) is 9.15 Å². The molecule has 0 saturated carbocycles. The minimum atomic E-state index is -0.331. The molecule has 28 heavy (non-hydrogen) atoms. The van der Waals surface area contributed by atoms with Crippen molar-refractivity contribution in [1.82, 2.24) is 0 Å². The predicted molar refractivity (Wildman–Crippen MR) is 113 cm³/mol. The molecule has 1 heterocycles. The van der Waals surface area contributed by atoms with Crippen LogP contribution in [0.1, 0.15) is 22.3 Å². The molecule has 3 aromatic carbocycles. The lowest BCUT2D eigenvalue weighted by Gasteiger charge is -2.12. The van der Waals surface area contributed by atoms with Crippen molar-refractivity contribution in [2.24, 2.45) is 0 Å². The van der Waals surface area contributed by atoms with Gasteiger partial charge in [-0.1, -0.05) is 54.1 Å². The molecular formula is C25H22O3. The first kappa shape index (κ1) is 18.1. The van der Waals surface area contributed by atoms with E-state index in [9.17, 15) is 4.79 Å². The van der Waals surface area contributed by atoms with E-state index in [1.807, 2.05) is 49.4 Å². The van der Waals surface area contributed by atoms with Gasteiger partial charge in [0.2, 0.25) is 0 Å². The average Bonchev–Trinajstić information content (AvgIpc) is 2.69. The summed E-state index contributed by atoms with van der Waals surface area (Å²) in [4.78, 5) is 12.6. The van der Waals surface area contributed by atoms with Crippen LogP contribution in [0.3, 0.4) is 0 Å². The van der Waals surface area contributed by atoms with Gasteiger partial charge in [0, 0.05) is 11.5 Å². The van der Waals surface area contributed by atoms with Gasteiger partial charge < -0.3 is 9.15 Å². The van der Waals surface area contributed by atoms with Crippen molar-refractivity contribution in [3.05, 3.63) is 99.4 Å². The molecule has 0 bridgehead atoms. The van der Waals surface area contributed by atoms with Crippen LogP contribution in [0.2, 0.25) is 0 Å². The van der Waals surface area contributed by atoms with Crippen LogP contribution in [0.4, 0.5) is 0 Å². The molecule has 0 aliphatic rings. The lowest BCUT2D eigenvalue weighted by atomic mass is 10.00. The molecule has 3 heteroatoms. The van der Waals surface area contributed by atoms with Crippen LogP contribution in [0.5, 0.6) is 5.75 Å². The maximum Gasteiger partial charge on any atom is 0.344 e. The highest BCUT2D eigenvalue weighted by Crippen LogP contribution is 2.29. The zero-order chi connectivity index (χ0) is 19.7. The third kappa shape index (κ3) is 3.44. The Morgan fingerprint density at radius 3 is 2.46 bits per heavy atom. The van der Waals surface area contributed by atoms with Crippen molar-refractivity contribution in [1.29, 1.82) is 0 Å². The lowest BCUT2D eigenvalue weighted by molar-refractivity contribution is 0.305. The highest BCUT2D eigenvalue weighted by Gasteiger charge is 2.13. The molecule has 4 aromatic rings. The first-order valence-corrected chi connectivity index (χ1v) is 9.35. The summed E-state index contributed by atoms with van der Waals surface area (Å²) < 4.78 is 11.6. The predicted octanol–water partition coefficient (Wildman–Crippen LogP) is 5.96. The van der Waals surface area contributed by atoms with Crippen LogP contribution >= 0.6 is 0 Å². The van der Waals surface area contributed by atoms with Gasteiger partial charge in [0.25, 0.3) is 0 Å². The molecule has 0 atom stereocenters. The van der Waals surface area contributed by atoms with Crippen molar-refractivity contribution in [3.8, 4) is 16.9 Å². The third-order valence-corrected chi connectivity index (χ3v) is 5.10. The number of rotatable bonds is 4. The van der Waals surface area contributed by atoms with E-state index in [-0.39, 0.29) is 5.63 Å². The van der Waals surface area contributed by atoms with E-state index in [1.54, 1.807) is 6.07 Å². The molecule has 0 aliphatic carbocycles. The first-order chi connectivity index (χ1) is 13.5. The Morgan fingerprint density at radius 2 is 1.68 bits per heavy atom. The van der Waals surface area contributed by atoms with Crippen molar-refractivity contribution in [3.63, 3.8) is 0 Å². The summed E-state index contributed by atoms with van der Waals surface area (Å²) in [5.74, 6) is 0.684. The summed E-state index contributed by atoms with van der Waals surface area (Å²) in [7, 11) is 0. The Labute approximate surface area is 164 Å². The molecule has 3 nitrogen and oxygen atoms in total. The van der Waals surface area contributed by atoms with Crippen molar-refractivity contribution < 1.29 is 9.15 Å². The second-order valence-electron chi connectivity index (χ2n) is 7.13. The maximum atomic E-state index is 12.6. The van der Waals surface area contributed by atoms with Crippen LogP contribution in [0.15, 0.2) is 75.9 Å². The van der Waals surface area contributed by atoms with E-state index in [0.717, 1.165) is 22.1 Å². The summed E-state index contributed by atoms with van der Waals surface area (Å²) in [6.45, 7) is 6.58. The van der Waals surface area contributed by atoms with E-state index in [1.165, 1.54) is 11.1 Å². The summed E-state index contributed by atoms with van der Waals surface area (Å²) in [6, 6.07) is 21.6. The van der Waals surface area contributed by atoms with Gasteiger partial charge in [-0.15, -0.1) is 0 Å². The molecule has 0 amide bonds. The van der Waals surface area contributed by atoms with Crippen LogP contribution in [-0.4, -0.2) is 0 Å². The third-order valence-electron chi connectivity index (χ3n) is 5.10. The maximum absolute atomic E-state index is 12.6. The standard InChI is InChI=1S/C25H22O3/c1-16-9-10-17(2)20(13-16)15-27-21-11-12-22-18(3)24(19-7-5-4-6-8-19)25(26)28-23(22)14-21/h4-14H,15H2,1-3H3. The van der Waals surface area contributed by atoms with Gasteiger partial charge in [0.05, 0.1) is 5.56 Å². The van der Waals surface area contributed by atoms with Gasteiger partial charge in [0.15, 0.2) is 0 Å². The Hall–Kier alpha value is -3.33. The molecular weight excluding hydrogens is 348 g/mol. The molecule has 0 saturated heterocycles. The Bertz CT molecular complexity index is 1200. The Balaban J connectivity index is 1.68. The summed E-state index contributed by atoms with van der Waals surface area (Å²) in [5.41, 5.74) is 6.15. The molecule has 140 valence electrons. The smallest absolute Gasteiger partial charge is 0.344 e. The van der Waals surface area contributed by atoms with E-state index < -0.39 is 0 Å². The highest BCUT2D eigenvalue weighted by molar-refractivity contribution is 5.87.